The van der Waals surface area contributed by atoms with Gasteiger partial charge in [0.1, 0.15) is 11.9 Å². The summed E-state index contributed by atoms with van der Waals surface area (Å²) >= 11 is 0. The standard InChI is InChI=1S/C8H12N2O3/c1-6(11)8(12)13-5-2-7-9-3-4-10-7/h3-4,6,11H,2,5H2,1H3,(H,9,10)/t6-/m0/s1. The number of carbonyl (C=O) groups is 1. The minimum Gasteiger partial charge on any atom is -0.463 e. The van der Waals surface area contributed by atoms with Crippen LogP contribution >= 0.6 is 0 Å². The SMILES string of the molecule is C[C@H](O)C(=O)OCCc1ncc[nH]1. The number of imidazole rings is 1. The van der Waals surface area contributed by atoms with Gasteiger partial charge in [0.15, 0.2) is 0 Å². The quantitative estimate of drug-likeness (QED) is 0.639. The highest BCUT2D eigenvalue weighted by atomic mass is 16.5. The van der Waals surface area contributed by atoms with Gasteiger partial charge >= 0.3 is 5.97 Å². The Kier molecular flexibility index (Phi) is 3.45. The van der Waals surface area contributed by atoms with Crippen molar-refractivity contribution in [2.45, 2.75) is 19.4 Å². The van der Waals surface area contributed by atoms with E-state index in [1.807, 2.05) is 0 Å². The molecule has 0 saturated heterocycles. The lowest BCUT2D eigenvalue weighted by Gasteiger charge is -2.04. The van der Waals surface area contributed by atoms with Crippen LogP contribution in [0.5, 0.6) is 0 Å². The number of H-pyrrole nitrogens is 1. The number of aliphatic hydroxyl groups excluding tert-OH is 1. The molecule has 1 aromatic heterocycles. The fourth-order valence-corrected chi connectivity index (χ4v) is 0.804. The third-order valence-electron chi connectivity index (χ3n) is 1.48. The summed E-state index contributed by atoms with van der Waals surface area (Å²) in [7, 11) is 0. The second-order valence-electron chi connectivity index (χ2n) is 2.63. The zero-order valence-electron chi connectivity index (χ0n) is 7.36. The van der Waals surface area contributed by atoms with E-state index in [9.17, 15) is 4.79 Å². The van der Waals surface area contributed by atoms with E-state index in [2.05, 4.69) is 9.97 Å². The molecule has 0 aromatic carbocycles. The average Bonchev–Trinajstić information content (AvgIpc) is 2.56. The summed E-state index contributed by atoms with van der Waals surface area (Å²) in [6, 6.07) is 0. The molecule has 0 fully saturated rings. The van der Waals surface area contributed by atoms with Crippen LogP contribution in [0.25, 0.3) is 0 Å². The Morgan fingerprint density at radius 3 is 3.15 bits per heavy atom. The molecule has 5 heteroatoms. The molecule has 0 spiro atoms. The van der Waals surface area contributed by atoms with Crippen molar-refractivity contribution < 1.29 is 14.6 Å². The predicted octanol–water partition coefficient (Wildman–Crippen LogP) is -0.124. The van der Waals surface area contributed by atoms with Crippen LogP contribution < -0.4 is 0 Å². The van der Waals surface area contributed by atoms with Gasteiger partial charge in [-0.25, -0.2) is 9.78 Å². The van der Waals surface area contributed by atoms with Crippen molar-refractivity contribution in [3.05, 3.63) is 18.2 Å². The molecule has 1 aromatic rings. The monoisotopic (exact) mass is 184 g/mol. The number of carbonyl (C=O) groups excluding carboxylic acids is 1. The zero-order valence-corrected chi connectivity index (χ0v) is 7.36. The van der Waals surface area contributed by atoms with E-state index in [4.69, 9.17) is 9.84 Å². The number of nitrogens with one attached hydrogen (secondary N) is 1. The minimum absolute atomic E-state index is 0.233. The maximum absolute atomic E-state index is 10.8. The second kappa shape index (κ2) is 4.61. The van der Waals surface area contributed by atoms with E-state index >= 15 is 0 Å². The molecule has 13 heavy (non-hydrogen) atoms. The number of esters is 1. The van der Waals surface area contributed by atoms with Crippen LogP contribution in [-0.4, -0.2) is 33.8 Å². The first-order valence-corrected chi connectivity index (χ1v) is 4.03. The number of nitrogens with zero attached hydrogens (tertiary/aromatic N) is 1. The van der Waals surface area contributed by atoms with Gasteiger partial charge in [0.25, 0.3) is 0 Å². The normalized spacial score (nSPS) is 12.5. The Hall–Kier alpha value is -1.36. The number of aliphatic hydroxyl groups is 1. The second-order valence-corrected chi connectivity index (χ2v) is 2.63. The number of hydrogen-bond donors (Lipinski definition) is 2. The Bertz CT molecular complexity index is 256. The summed E-state index contributed by atoms with van der Waals surface area (Å²) in [5.41, 5.74) is 0. The molecule has 0 aliphatic rings. The molecule has 0 aliphatic heterocycles. The highest BCUT2D eigenvalue weighted by Crippen LogP contribution is 1.92. The third kappa shape index (κ3) is 3.25. The van der Waals surface area contributed by atoms with E-state index in [1.54, 1.807) is 12.4 Å². The van der Waals surface area contributed by atoms with Crippen molar-refractivity contribution in [2.75, 3.05) is 6.61 Å². The summed E-state index contributed by atoms with van der Waals surface area (Å²) in [6.45, 7) is 1.60. The van der Waals surface area contributed by atoms with Crippen molar-refractivity contribution >= 4 is 5.97 Å². The summed E-state index contributed by atoms with van der Waals surface area (Å²) in [4.78, 5) is 17.6. The van der Waals surface area contributed by atoms with Crippen molar-refractivity contribution in [1.82, 2.24) is 9.97 Å². The number of ether oxygens (including phenoxy) is 1. The minimum atomic E-state index is -1.06. The molecule has 2 N–H and O–H groups in total. The maximum Gasteiger partial charge on any atom is 0.334 e. The summed E-state index contributed by atoms with van der Waals surface area (Å²) in [6.07, 6.45) is 2.81. The van der Waals surface area contributed by atoms with Crippen molar-refractivity contribution in [1.29, 1.82) is 0 Å². The Morgan fingerprint density at radius 2 is 2.62 bits per heavy atom. The third-order valence-corrected chi connectivity index (χ3v) is 1.48. The number of aromatic nitrogens is 2. The average molecular weight is 184 g/mol. The van der Waals surface area contributed by atoms with Crippen LogP contribution in [0.2, 0.25) is 0 Å². The number of rotatable bonds is 4. The topological polar surface area (TPSA) is 75.2 Å². The first-order valence-electron chi connectivity index (χ1n) is 4.03. The van der Waals surface area contributed by atoms with E-state index < -0.39 is 12.1 Å². The van der Waals surface area contributed by atoms with Crippen LogP contribution in [-0.2, 0) is 16.0 Å². The van der Waals surface area contributed by atoms with Crippen molar-refractivity contribution in [3.63, 3.8) is 0 Å². The largest absolute Gasteiger partial charge is 0.463 e. The fraction of sp³-hybridized carbons (Fsp3) is 0.500. The van der Waals surface area contributed by atoms with Crippen molar-refractivity contribution in [3.8, 4) is 0 Å². The molecular weight excluding hydrogens is 172 g/mol. The zero-order chi connectivity index (χ0) is 9.68. The van der Waals surface area contributed by atoms with Gasteiger partial charge in [0, 0.05) is 18.8 Å². The molecule has 0 aliphatic carbocycles. The van der Waals surface area contributed by atoms with Gasteiger partial charge in [0.05, 0.1) is 6.61 Å². The van der Waals surface area contributed by atoms with Crippen LogP contribution in [0.1, 0.15) is 12.7 Å². The van der Waals surface area contributed by atoms with Crippen LogP contribution in [0.4, 0.5) is 0 Å². The lowest BCUT2D eigenvalue weighted by Crippen LogP contribution is -2.20. The molecular formula is C8H12N2O3. The van der Waals surface area contributed by atoms with Gasteiger partial charge in [-0.15, -0.1) is 0 Å². The molecule has 1 heterocycles. The molecule has 1 rings (SSSR count). The lowest BCUT2D eigenvalue weighted by atomic mass is 10.4. The molecule has 1 atom stereocenters. The van der Waals surface area contributed by atoms with Crippen molar-refractivity contribution in [2.24, 2.45) is 0 Å². The van der Waals surface area contributed by atoms with Gasteiger partial charge in [-0.1, -0.05) is 0 Å². The first kappa shape index (κ1) is 9.73. The number of aromatic amines is 1. The Balaban J connectivity index is 2.18. The van der Waals surface area contributed by atoms with E-state index in [0.717, 1.165) is 5.82 Å². The van der Waals surface area contributed by atoms with Gasteiger partial charge in [-0.05, 0) is 6.92 Å². The molecule has 0 amide bonds. The van der Waals surface area contributed by atoms with Crippen LogP contribution in [0.3, 0.4) is 0 Å². The van der Waals surface area contributed by atoms with Gasteiger partial charge in [0.2, 0.25) is 0 Å². The fourth-order valence-electron chi connectivity index (χ4n) is 0.804. The van der Waals surface area contributed by atoms with E-state index in [0.29, 0.717) is 6.42 Å². The van der Waals surface area contributed by atoms with Gasteiger partial charge in [-0.2, -0.15) is 0 Å². The molecule has 0 radical (unpaired) electrons. The molecule has 0 saturated carbocycles. The van der Waals surface area contributed by atoms with E-state index in [-0.39, 0.29) is 6.61 Å². The Labute approximate surface area is 75.8 Å². The summed E-state index contributed by atoms with van der Waals surface area (Å²) < 4.78 is 4.73. The molecule has 0 unspecified atom stereocenters. The van der Waals surface area contributed by atoms with Gasteiger partial charge in [-0.3, -0.25) is 0 Å². The molecule has 0 bridgehead atoms. The Morgan fingerprint density at radius 1 is 1.85 bits per heavy atom. The molecule has 5 nitrogen and oxygen atoms in total. The summed E-state index contributed by atoms with van der Waals surface area (Å²) in [5.74, 6) is 0.157. The summed E-state index contributed by atoms with van der Waals surface area (Å²) in [5, 5.41) is 8.78. The molecule has 72 valence electrons. The number of hydrogen-bond acceptors (Lipinski definition) is 4. The smallest absolute Gasteiger partial charge is 0.334 e. The predicted molar refractivity (Wildman–Crippen MR) is 44.9 cm³/mol. The maximum atomic E-state index is 10.8. The lowest BCUT2D eigenvalue weighted by molar-refractivity contribution is -0.152. The highest BCUT2D eigenvalue weighted by Gasteiger charge is 2.09. The van der Waals surface area contributed by atoms with Crippen LogP contribution in [0.15, 0.2) is 12.4 Å². The highest BCUT2D eigenvalue weighted by molar-refractivity contribution is 5.73. The van der Waals surface area contributed by atoms with Gasteiger partial charge < -0.3 is 14.8 Å². The van der Waals surface area contributed by atoms with E-state index in [1.165, 1.54) is 6.92 Å². The van der Waals surface area contributed by atoms with Crippen LogP contribution in [0, 0.1) is 0 Å². The first-order chi connectivity index (χ1) is 6.20.